The molecule has 5 rings (SSSR count). The van der Waals surface area contributed by atoms with Crippen molar-refractivity contribution in [2.75, 3.05) is 0 Å². The lowest BCUT2D eigenvalue weighted by Gasteiger charge is -2.08. The number of nitrogens with zero attached hydrogens (tertiary/aromatic N) is 2. The number of hydrogen-bond acceptors (Lipinski definition) is 2. The normalized spacial score (nSPS) is 10.7. The lowest BCUT2D eigenvalue weighted by atomic mass is 9.99. The number of para-hydroxylation sites is 2. The first-order valence-corrected chi connectivity index (χ1v) is 9.30. The van der Waals surface area contributed by atoms with Crippen LogP contribution in [0.15, 0.2) is 59.4 Å². The van der Waals surface area contributed by atoms with Gasteiger partial charge in [0.05, 0.1) is 11.0 Å². The summed E-state index contributed by atoms with van der Waals surface area (Å²) in [6.07, 6.45) is 0. The summed E-state index contributed by atoms with van der Waals surface area (Å²) < 4.78 is 1.74. The molecular weight excluding hydrogens is 320 g/mol. The molecule has 0 bridgehead atoms. The van der Waals surface area contributed by atoms with Crippen molar-refractivity contribution in [3.63, 3.8) is 0 Å². The molecule has 2 heterocycles. The van der Waals surface area contributed by atoms with Gasteiger partial charge in [0.1, 0.15) is 5.65 Å². The van der Waals surface area contributed by atoms with Gasteiger partial charge < -0.3 is 0 Å². The zero-order valence-electron chi connectivity index (χ0n) is 16.0. The molecule has 0 amide bonds. The van der Waals surface area contributed by atoms with Gasteiger partial charge in [0, 0.05) is 16.2 Å². The third-order valence-corrected chi connectivity index (χ3v) is 4.49. The number of pyridine rings is 1. The van der Waals surface area contributed by atoms with Crippen molar-refractivity contribution in [1.29, 1.82) is 0 Å². The molecule has 0 saturated heterocycles. The fraction of sp³-hybridized carbons (Fsp3) is 0.217. The Balaban J connectivity index is 0.000000461. The van der Waals surface area contributed by atoms with E-state index in [1.807, 2.05) is 70.2 Å². The van der Waals surface area contributed by atoms with Gasteiger partial charge in [-0.1, -0.05) is 64.1 Å². The highest BCUT2D eigenvalue weighted by atomic mass is 16.1. The molecule has 132 valence electrons. The van der Waals surface area contributed by atoms with Gasteiger partial charge in [-0.15, -0.1) is 0 Å². The second kappa shape index (κ2) is 7.12. The molecule has 0 aliphatic rings. The van der Waals surface area contributed by atoms with Gasteiger partial charge in [-0.25, -0.2) is 4.98 Å². The topological polar surface area (TPSA) is 34.4 Å². The number of benzene rings is 3. The number of imidazole rings is 1. The number of rotatable bonds is 0. The van der Waals surface area contributed by atoms with E-state index < -0.39 is 0 Å². The van der Waals surface area contributed by atoms with Crippen molar-refractivity contribution in [2.24, 2.45) is 0 Å². The van der Waals surface area contributed by atoms with Crippen LogP contribution in [0.25, 0.3) is 38.2 Å². The lowest BCUT2D eigenvalue weighted by Crippen LogP contribution is -2.13. The molecule has 26 heavy (non-hydrogen) atoms. The Hall–Kier alpha value is -2.94. The van der Waals surface area contributed by atoms with E-state index in [4.69, 9.17) is 4.98 Å². The minimum Gasteiger partial charge on any atom is -0.268 e. The Morgan fingerprint density at radius 1 is 0.769 bits per heavy atom. The smallest absolute Gasteiger partial charge is 0.264 e. The summed E-state index contributed by atoms with van der Waals surface area (Å²) in [5, 5.41) is 3.94. The van der Waals surface area contributed by atoms with E-state index in [2.05, 4.69) is 19.1 Å². The van der Waals surface area contributed by atoms with Crippen LogP contribution in [-0.2, 0) is 0 Å². The van der Waals surface area contributed by atoms with Crippen molar-refractivity contribution < 1.29 is 0 Å². The summed E-state index contributed by atoms with van der Waals surface area (Å²) in [5.41, 5.74) is 3.65. The van der Waals surface area contributed by atoms with E-state index in [1.54, 1.807) is 4.40 Å². The predicted molar refractivity (Wildman–Crippen MR) is 113 cm³/mol. The zero-order valence-corrected chi connectivity index (χ0v) is 16.0. The van der Waals surface area contributed by atoms with Crippen LogP contribution in [0.4, 0.5) is 0 Å². The monoisotopic (exact) mass is 344 g/mol. The molecule has 0 aliphatic carbocycles. The van der Waals surface area contributed by atoms with Crippen LogP contribution in [-0.4, -0.2) is 9.38 Å². The van der Waals surface area contributed by atoms with Gasteiger partial charge in [0.25, 0.3) is 5.56 Å². The molecule has 0 saturated carbocycles. The largest absolute Gasteiger partial charge is 0.268 e. The molecule has 0 N–H and O–H groups in total. The molecule has 0 spiro atoms. The zero-order chi connectivity index (χ0) is 18.8. The first kappa shape index (κ1) is 17.9. The molecule has 3 heteroatoms. The average Bonchev–Trinajstić information content (AvgIpc) is 3.10. The minimum atomic E-state index is 0.00685. The van der Waals surface area contributed by atoms with Crippen molar-refractivity contribution in [3.8, 4) is 0 Å². The summed E-state index contributed by atoms with van der Waals surface area (Å²) >= 11 is 0. The fourth-order valence-electron chi connectivity index (χ4n) is 3.45. The lowest BCUT2D eigenvalue weighted by molar-refractivity contribution is 1.19. The van der Waals surface area contributed by atoms with Crippen LogP contribution in [0.3, 0.4) is 0 Å². The molecule has 0 fully saturated rings. The molecule has 0 atom stereocenters. The molecule has 0 radical (unpaired) electrons. The van der Waals surface area contributed by atoms with Crippen LogP contribution in [0.5, 0.6) is 0 Å². The first-order chi connectivity index (χ1) is 12.8. The molecule has 2 aromatic heterocycles. The van der Waals surface area contributed by atoms with E-state index in [-0.39, 0.29) is 5.56 Å². The van der Waals surface area contributed by atoms with Crippen LogP contribution >= 0.6 is 0 Å². The summed E-state index contributed by atoms with van der Waals surface area (Å²) in [4.78, 5) is 17.7. The SMILES string of the molecule is CC.CC.Cc1ccc2c(=O)n3c4ccccc4nc3c3cccc1c23. The van der Waals surface area contributed by atoms with Gasteiger partial charge in [-0.05, 0) is 36.1 Å². The minimum absolute atomic E-state index is 0.00685. The maximum atomic E-state index is 13.0. The second-order valence-corrected chi connectivity index (χ2v) is 5.72. The molecular formula is C23H24N2O. The standard InChI is InChI=1S/C19H12N2O.2C2H6/c1-11-9-10-14-17-12(11)5-4-6-13(17)18-20-15-7-2-3-8-16(15)21(18)19(14)22;2*1-2/h2-10H,1H3;2*1-2H3. The Bertz CT molecular complexity index is 1250. The summed E-state index contributed by atoms with van der Waals surface area (Å²) in [5.74, 6) is 0. The van der Waals surface area contributed by atoms with Crippen LogP contribution in [0, 0.1) is 6.92 Å². The van der Waals surface area contributed by atoms with Crippen molar-refractivity contribution >= 4 is 38.2 Å². The van der Waals surface area contributed by atoms with E-state index in [9.17, 15) is 4.79 Å². The van der Waals surface area contributed by atoms with Crippen molar-refractivity contribution in [1.82, 2.24) is 9.38 Å². The van der Waals surface area contributed by atoms with Gasteiger partial charge in [-0.2, -0.15) is 0 Å². The summed E-state index contributed by atoms with van der Waals surface area (Å²) in [6.45, 7) is 10.1. The van der Waals surface area contributed by atoms with Crippen molar-refractivity contribution in [3.05, 3.63) is 70.5 Å². The maximum Gasteiger partial charge on any atom is 0.264 e. The van der Waals surface area contributed by atoms with Crippen LogP contribution in [0.2, 0.25) is 0 Å². The van der Waals surface area contributed by atoms with Crippen molar-refractivity contribution in [2.45, 2.75) is 34.6 Å². The Morgan fingerprint density at radius 2 is 1.46 bits per heavy atom. The number of hydrogen-bond donors (Lipinski definition) is 0. The highest BCUT2D eigenvalue weighted by molar-refractivity contribution is 6.16. The number of fused-ring (bicyclic) bond motifs is 4. The average molecular weight is 344 g/mol. The Morgan fingerprint density at radius 3 is 2.23 bits per heavy atom. The molecule has 3 nitrogen and oxygen atoms in total. The number of aryl methyl sites for hydroxylation is 1. The van der Waals surface area contributed by atoms with E-state index in [1.165, 1.54) is 5.56 Å². The van der Waals surface area contributed by atoms with Gasteiger partial charge >= 0.3 is 0 Å². The second-order valence-electron chi connectivity index (χ2n) is 5.72. The van der Waals surface area contributed by atoms with E-state index in [0.717, 1.165) is 38.2 Å². The summed E-state index contributed by atoms with van der Waals surface area (Å²) in [6, 6.07) is 17.9. The van der Waals surface area contributed by atoms with Crippen LogP contribution < -0.4 is 5.56 Å². The first-order valence-electron chi connectivity index (χ1n) is 9.30. The third kappa shape index (κ3) is 2.43. The highest BCUT2D eigenvalue weighted by Crippen LogP contribution is 2.30. The maximum absolute atomic E-state index is 13.0. The van der Waals surface area contributed by atoms with Gasteiger partial charge in [0.15, 0.2) is 0 Å². The Kier molecular flexibility index (Phi) is 4.90. The van der Waals surface area contributed by atoms with Gasteiger partial charge in [0.2, 0.25) is 0 Å². The predicted octanol–water partition coefficient (Wildman–Crippen LogP) is 5.95. The van der Waals surface area contributed by atoms with E-state index >= 15 is 0 Å². The molecule has 3 aromatic carbocycles. The van der Waals surface area contributed by atoms with Gasteiger partial charge in [-0.3, -0.25) is 9.20 Å². The Labute approximate surface area is 153 Å². The number of aromatic nitrogens is 2. The molecule has 5 aromatic rings. The molecule has 0 aliphatic heterocycles. The van der Waals surface area contributed by atoms with Crippen LogP contribution in [0.1, 0.15) is 33.3 Å². The summed E-state index contributed by atoms with van der Waals surface area (Å²) in [7, 11) is 0. The highest BCUT2D eigenvalue weighted by Gasteiger charge is 2.15. The van der Waals surface area contributed by atoms with E-state index in [0.29, 0.717) is 0 Å². The molecule has 0 unspecified atom stereocenters. The quantitative estimate of drug-likeness (QED) is 0.348. The fourth-order valence-corrected chi connectivity index (χ4v) is 3.45. The third-order valence-electron chi connectivity index (χ3n) is 4.49.